The van der Waals surface area contributed by atoms with Crippen molar-refractivity contribution >= 4 is 35.8 Å². The maximum atomic E-state index is 4.65. The minimum Gasteiger partial charge on any atom is -0.357 e. The van der Waals surface area contributed by atoms with Crippen molar-refractivity contribution < 1.29 is 0 Å². The average Bonchev–Trinajstić information content (AvgIpc) is 3.07. The predicted molar refractivity (Wildman–Crippen MR) is 113 cm³/mol. The smallest absolute Gasteiger partial charge is 0.191 e. The Morgan fingerprint density at radius 2 is 2.00 bits per heavy atom. The molecule has 24 heavy (non-hydrogen) atoms. The summed E-state index contributed by atoms with van der Waals surface area (Å²) in [5.41, 5.74) is 1.15. The molecule has 0 aromatic carbocycles. The van der Waals surface area contributed by atoms with Crippen molar-refractivity contribution in [3.05, 3.63) is 23.9 Å². The van der Waals surface area contributed by atoms with Crippen LogP contribution >= 0.6 is 24.0 Å². The van der Waals surface area contributed by atoms with E-state index in [1.807, 2.05) is 6.20 Å². The summed E-state index contributed by atoms with van der Waals surface area (Å²) in [6.45, 7) is 11.3. The lowest BCUT2D eigenvalue weighted by atomic mass is 10.1. The predicted octanol–water partition coefficient (Wildman–Crippen LogP) is 3.40. The highest BCUT2D eigenvalue weighted by Crippen LogP contribution is 2.17. The summed E-state index contributed by atoms with van der Waals surface area (Å²) in [5, 5.41) is 6.68. The summed E-state index contributed by atoms with van der Waals surface area (Å²) in [7, 11) is 0. The van der Waals surface area contributed by atoms with Gasteiger partial charge in [0, 0.05) is 32.4 Å². The van der Waals surface area contributed by atoms with Gasteiger partial charge < -0.3 is 15.5 Å². The lowest BCUT2D eigenvalue weighted by molar-refractivity contribution is 0.573. The lowest BCUT2D eigenvalue weighted by Crippen LogP contribution is -2.38. The summed E-state index contributed by atoms with van der Waals surface area (Å²) < 4.78 is 0. The lowest BCUT2D eigenvalue weighted by Gasteiger charge is -2.16. The van der Waals surface area contributed by atoms with Gasteiger partial charge in [0.05, 0.1) is 6.54 Å². The highest BCUT2D eigenvalue weighted by Gasteiger charge is 2.12. The van der Waals surface area contributed by atoms with Crippen LogP contribution in [0.2, 0.25) is 0 Å². The van der Waals surface area contributed by atoms with Gasteiger partial charge in [-0.3, -0.25) is 0 Å². The molecule has 2 rings (SSSR count). The quantitative estimate of drug-likeness (QED) is 0.384. The molecule has 1 aliphatic rings. The van der Waals surface area contributed by atoms with Gasteiger partial charge in [-0.15, -0.1) is 24.0 Å². The maximum Gasteiger partial charge on any atom is 0.191 e. The largest absolute Gasteiger partial charge is 0.357 e. The molecule has 2 heterocycles. The van der Waals surface area contributed by atoms with Crippen LogP contribution in [0.15, 0.2) is 23.3 Å². The topological polar surface area (TPSA) is 52.6 Å². The first-order valence-corrected chi connectivity index (χ1v) is 8.91. The van der Waals surface area contributed by atoms with Crippen molar-refractivity contribution in [3.8, 4) is 0 Å². The Hall–Kier alpha value is -1.05. The van der Waals surface area contributed by atoms with Crippen LogP contribution < -0.4 is 15.5 Å². The second kappa shape index (κ2) is 11.5. The molecule has 0 aliphatic carbocycles. The summed E-state index contributed by atoms with van der Waals surface area (Å²) in [5.74, 6) is 2.68. The molecular formula is C18H32IN5. The molecule has 1 aliphatic heterocycles. The van der Waals surface area contributed by atoms with Crippen molar-refractivity contribution in [2.45, 2.75) is 46.6 Å². The van der Waals surface area contributed by atoms with Gasteiger partial charge in [0.15, 0.2) is 5.96 Å². The molecule has 5 nitrogen and oxygen atoms in total. The number of aromatic nitrogens is 1. The fraction of sp³-hybridized carbons (Fsp3) is 0.667. The van der Waals surface area contributed by atoms with Gasteiger partial charge in [-0.05, 0) is 43.7 Å². The van der Waals surface area contributed by atoms with Gasteiger partial charge in [0.2, 0.25) is 0 Å². The normalized spacial score (nSPS) is 14.7. The van der Waals surface area contributed by atoms with E-state index >= 15 is 0 Å². The van der Waals surface area contributed by atoms with Crippen LogP contribution in [0, 0.1) is 5.92 Å². The van der Waals surface area contributed by atoms with E-state index in [2.05, 4.69) is 58.4 Å². The van der Waals surface area contributed by atoms with E-state index in [-0.39, 0.29) is 24.0 Å². The molecule has 0 atom stereocenters. The molecule has 2 N–H and O–H groups in total. The van der Waals surface area contributed by atoms with E-state index in [9.17, 15) is 0 Å². The zero-order chi connectivity index (χ0) is 16.5. The molecule has 0 radical (unpaired) electrons. The molecule has 1 aromatic heterocycles. The Kier molecular flexibility index (Phi) is 10.1. The van der Waals surface area contributed by atoms with Crippen molar-refractivity contribution in [2.75, 3.05) is 31.1 Å². The minimum atomic E-state index is 0. The van der Waals surface area contributed by atoms with Gasteiger partial charge in [0.1, 0.15) is 5.82 Å². The Bertz CT molecular complexity index is 481. The van der Waals surface area contributed by atoms with Crippen molar-refractivity contribution in [1.29, 1.82) is 0 Å². The number of nitrogens with one attached hydrogen (secondary N) is 2. The highest BCUT2D eigenvalue weighted by molar-refractivity contribution is 14.0. The van der Waals surface area contributed by atoms with Crippen LogP contribution in [0.4, 0.5) is 5.82 Å². The van der Waals surface area contributed by atoms with E-state index < -0.39 is 0 Å². The average molecular weight is 445 g/mol. The Labute approximate surface area is 163 Å². The van der Waals surface area contributed by atoms with Crippen LogP contribution in [0.1, 0.15) is 45.6 Å². The van der Waals surface area contributed by atoms with E-state index in [0.29, 0.717) is 12.5 Å². The monoisotopic (exact) mass is 445 g/mol. The number of nitrogens with zero attached hydrogens (tertiary/aromatic N) is 3. The number of hydrogen-bond donors (Lipinski definition) is 2. The van der Waals surface area contributed by atoms with Crippen LogP contribution in [-0.4, -0.2) is 37.1 Å². The summed E-state index contributed by atoms with van der Waals surface area (Å²) >= 11 is 0. The number of rotatable bonds is 7. The van der Waals surface area contributed by atoms with Crippen molar-refractivity contribution in [1.82, 2.24) is 15.6 Å². The molecule has 0 spiro atoms. The van der Waals surface area contributed by atoms with Crippen molar-refractivity contribution in [3.63, 3.8) is 0 Å². The Morgan fingerprint density at radius 1 is 1.25 bits per heavy atom. The van der Waals surface area contributed by atoms with Crippen molar-refractivity contribution in [2.24, 2.45) is 10.9 Å². The van der Waals surface area contributed by atoms with E-state index in [4.69, 9.17) is 0 Å². The molecule has 0 saturated carbocycles. The van der Waals surface area contributed by atoms with Gasteiger partial charge in [-0.25, -0.2) is 9.98 Å². The number of pyridine rings is 1. The molecule has 1 fully saturated rings. The second-order valence-corrected chi connectivity index (χ2v) is 6.52. The highest BCUT2D eigenvalue weighted by atomic mass is 127. The number of guanidine groups is 1. The zero-order valence-electron chi connectivity index (χ0n) is 15.2. The van der Waals surface area contributed by atoms with Crippen LogP contribution in [0.3, 0.4) is 0 Å². The molecule has 0 bridgehead atoms. The fourth-order valence-corrected chi connectivity index (χ4v) is 2.63. The van der Waals surface area contributed by atoms with Gasteiger partial charge in [-0.2, -0.15) is 0 Å². The maximum absolute atomic E-state index is 4.65. The molecule has 6 heteroatoms. The first-order chi connectivity index (χ1) is 11.2. The fourth-order valence-electron chi connectivity index (χ4n) is 2.63. The van der Waals surface area contributed by atoms with Crippen LogP contribution in [0.25, 0.3) is 0 Å². The minimum absolute atomic E-state index is 0. The Morgan fingerprint density at radius 3 is 2.58 bits per heavy atom. The summed E-state index contributed by atoms with van der Waals surface area (Å²) in [4.78, 5) is 11.6. The number of aliphatic imine (C=N–C) groups is 1. The molecule has 1 saturated heterocycles. The van der Waals surface area contributed by atoms with Crippen LogP contribution in [-0.2, 0) is 6.54 Å². The number of anilines is 1. The standard InChI is InChI=1S/C18H31N5.HI/c1-4-19-18(20-10-9-15(2)3)22-14-16-7-8-17(21-13-16)23-11-5-6-12-23;/h7-8,13,15H,4-6,9-12,14H2,1-3H3,(H2,19,20,22);1H. The number of hydrogen-bond acceptors (Lipinski definition) is 3. The van der Waals surface area contributed by atoms with Gasteiger partial charge in [0.25, 0.3) is 0 Å². The third-order valence-electron chi connectivity index (χ3n) is 4.02. The molecule has 1 aromatic rings. The van der Waals surface area contributed by atoms with Gasteiger partial charge in [-0.1, -0.05) is 19.9 Å². The number of halogens is 1. The molecule has 0 amide bonds. The second-order valence-electron chi connectivity index (χ2n) is 6.52. The van der Waals surface area contributed by atoms with E-state index in [1.165, 1.54) is 12.8 Å². The first-order valence-electron chi connectivity index (χ1n) is 8.91. The molecular weight excluding hydrogens is 413 g/mol. The summed E-state index contributed by atoms with van der Waals surface area (Å²) in [6.07, 6.45) is 5.66. The third-order valence-corrected chi connectivity index (χ3v) is 4.02. The third kappa shape index (κ3) is 7.23. The SMILES string of the molecule is CCNC(=NCc1ccc(N2CCCC2)nc1)NCCC(C)C.I. The Balaban J connectivity index is 0.00000288. The summed E-state index contributed by atoms with van der Waals surface area (Å²) in [6, 6.07) is 4.26. The molecule has 0 unspecified atom stereocenters. The van der Waals surface area contributed by atoms with E-state index in [1.54, 1.807) is 0 Å². The first kappa shape index (κ1) is 21.0. The van der Waals surface area contributed by atoms with Gasteiger partial charge >= 0.3 is 0 Å². The van der Waals surface area contributed by atoms with Crippen LogP contribution in [0.5, 0.6) is 0 Å². The van der Waals surface area contributed by atoms with E-state index in [0.717, 1.165) is 49.9 Å². The zero-order valence-corrected chi connectivity index (χ0v) is 17.5. The molecule has 136 valence electrons.